The third-order valence-corrected chi connectivity index (χ3v) is 4.10. The Hall–Kier alpha value is -3.15. The van der Waals surface area contributed by atoms with E-state index in [-0.39, 0.29) is 12.5 Å². The number of aryl methyl sites for hydroxylation is 2. The number of carbonyl (C=O) groups is 1. The fourth-order valence-electron chi connectivity index (χ4n) is 2.72. The summed E-state index contributed by atoms with van der Waals surface area (Å²) in [5.74, 6) is 1.66. The zero-order chi connectivity index (χ0) is 17.2. The molecule has 2 aromatic carbocycles. The largest absolute Gasteiger partial charge is 0.484 e. The molecule has 0 atom stereocenters. The zero-order valence-corrected chi connectivity index (χ0v) is 13.8. The van der Waals surface area contributed by atoms with Crippen LogP contribution in [0.3, 0.4) is 0 Å². The van der Waals surface area contributed by atoms with E-state index in [0.717, 1.165) is 23.2 Å². The van der Waals surface area contributed by atoms with Gasteiger partial charge in [0.05, 0.1) is 0 Å². The SMILES string of the molecule is Cc1ccc(-c2nnc(COc3ccc4c(c3)CCC(=O)N4)o2)cc1. The summed E-state index contributed by atoms with van der Waals surface area (Å²) < 4.78 is 11.4. The fourth-order valence-corrected chi connectivity index (χ4v) is 2.72. The summed E-state index contributed by atoms with van der Waals surface area (Å²) >= 11 is 0. The molecular weight excluding hydrogens is 318 g/mol. The monoisotopic (exact) mass is 335 g/mol. The predicted octanol–water partition coefficient (Wildman–Crippen LogP) is 3.51. The summed E-state index contributed by atoms with van der Waals surface area (Å²) in [4.78, 5) is 11.4. The Balaban J connectivity index is 1.44. The van der Waals surface area contributed by atoms with Gasteiger partial charge in [0.2, 0.25) is 11.8 Å². The third kappa shape index (κ3) is 3.38. The zero-order valence-electron chi connectivity index (χ0n) is 13.8. The Bertz CT molecular complexity index is 916. The van der Waals surface area contributed by atoms with Gasteiger partial charge in [0.15, 0.2) is 6.61 Å². The van der Waals surface area contributed by atoms with Crippen molar-refractivity contribution in [3.05, 3.63) is 59.5 Å². The number of hydrogen-bond donors (Lipinski definition) is 1. The van der Waals surface area contributed by atoms with Gasteiger partial charge in [0, 0.05) is 17.7 Å². The molecule has 126 valence electrons. The topological polar surface area (TPSA) is 77.2 Å². The van der Waals surface area contributed by atoms with Crippen molar-refractivity contribution < 1.29 is 13.9 Å². The van der Waals surface area contributed by atoms with Gasteiger partial charge in [-0.1, -0.05) is 17.7 Å². The second-order valence-electron chi connectivity index (χ2n) is 6.02. The molecule has 6 nitrogen and oxygen atoms in total. The molecule has 1 aromatic heterocycles. The smallest absolute Gasteiger partial charge is 0.254 e. The summed E-state index contributed by atoms with van der Waals surface area (Å²) in [7, 11) is 0. The highest BCUT2D eigenvalue weighted by molar-refractivity contribution is 5.93. The van der Waals surface area contributed by atoms with Crippen LogP contribution in [0.25, 0.3) is 11.5 Å². The first-order valence-electron chi connectivity index (χ1n) is 8.12. The van der Waals surface area contributed by atoms with E-state index >= 15 is 0 Å². The van der Waals surface area contributed by atoms with Crippen molar-refractivity contribution in [2.45, 2.75) is 26.4 Å². The maximum Gasteiger partial charge on any atom is 0.254 e. The number of nitrogens with one attached hydrogen (secondary N) is 1. The standard InChI is InChI=1S/C19H17N3O3/c1-12-2-4-13(5-3-12)19-22-21-18(25-19)11-24-15-7-8-16-14(10-15)6-9-17(23)20-16/h2-5,7-8,10H,6,9,11H2,1H3,(H,20,23). The molecule has 1 amide bonds. The van der Waals surface area contributed by atoms with Gasteiger partial charge in [-0.25, -0.2) is 0 Å². The third-order valence-electron chi connectivity index (χ3n) is 4.10. The molecule has 0 unspecified atom stereocenters. The second-order valence-corrected chi connectivity index (χ2v) is 6.02. The number of ether oxygens (including phenoxy) is 1. The van der Waals surface area contributed by atoms with Crippen molar-refractivity contribution in [1.82, 2.24) is 10.2 Å². The Kier molecular flexibility index (Phi) is 3.93. The van der Waals surface area contributed by atoms with E-state index in [1.54, 1.807) is 0 Å². The molecule has 3 aromatic rings. The molecule has 0 fully saturated rings. The first kappa shape index (κ1) is 15.4. The summed E-state index contributed by atoms with van der Waals surface area (Å²) in [6, 6.07) is 13.5. The Labute approximate surface area is 144 Å². The average Bonchev–Trinajstić information content (AvgIpc) is 3.09. The van der Waals surface area contributed by atoms with E-state index in [4.69, 9.17) is 9.15 Å². The van der Waals surface area contributed by atoms with Crippen LogP contribution < -0.4 is 10.1 Å². The minimum Gasteiger partial charge on any atom is -0.484 e. The summed E-state index contributed by atoms with van der Waals surface area (Å²) in [6.45, 7) is 2.23. The van der Waals surface area contributed by atoms with Gasteiger partial charge in [0.25, 0.3) is 5.89 Å². The number of fused-ring (bicyclic) bond motifs is 1. The molecule has 0 saturated heterocycles. The van der Waals surface area contributed by atoms with Gasteiger partial charge in [0.1, 0.15) is 5.75 Å². The normalized spacial score (nSPS) is 13.2. The summed E-state index contributed by atoms with van der Waals surface area (Å²) in [6.07, 6.45) is 1.22. The maximum absolute atomic E-state index is 11.4. The maximum atomic E-state index is 11.4. The van der Waals surface area contributed by atoms with Crippen LogP contribution in [0.2, 0.25) is 0 Å². The number of benzene rings is 2. The molecule has 4 rings (SSSR count). The van der Waals surface area contributed by atoms with Gasteiger partial charge < -0.3 is 14.5 Å². The van der Waals surface area contributed by atoms with E-state index in [1.165, 1.54) is 5.56 Å². The number of anilines is 1. The molecule has 0 aliphatic carbocycles. The highest BCUT2D eigenvalue weighted by atomic mass is 16.5. The minimum absolute atomic E-state index is 0.0515. The van der Waals surface area contributed by atoms with Crippen molar-refractivity contribution in [1.29, 1.82) is 0 Å². The van der Waals surface area contributed by atoms with E-state index in [0.29, 0.717) is 24.0 Å². The van der Waals surface area contributed by atoms with Crippen LogP contribution in [-0.2, 0) is 17.8 Å². The van der Waals surface area contributed by atoms with Crippen LogP contribution >= 0.6 is 0 Å². The Morgan fingerprint density at radius 1 is 1.12 bits per heavy atom. The molecule has 0 radical (unpaired) electrons. The van der Waals surface area contributed by atoms with E-state index in [9.17, 15) is 4.79 Å². The van der Waals surface area contributed by atoms with Crippen LogP contribution in [0, 0.1) is 6.92 Å². The van der Waals surface area contributed by atoms with Crippen molar-refractivity contribution in [3.63, 3.8) is 0 Å². The molecule has 25 heavy (non-hydrogen) atoms. The van der Waals surface area contributed by atoms with Gasteiger partial charge in [-0.2, -0.15) is 0 Å². The molecular formula is C19H17N3O3. The van der Waals surface area contributed by atoms with Gasteiger partial charge in [-0.15, -0.1) is 10.2 Å². The number of amides is 1. The van der Waals surface area contributed by atoms with Gasteiger partial charge >= 0.3 is 0 Å². The van der Waals surface area contributed by atoms with Crippen LogP contribution in [0.15, 0.2) is 46.9 Å². The van der Waals surface area contributed by atoms with Crippen LogP contribution in [0.5, 0.6) is 5.75 Å². The molecule has 0 saturated carbocycles. The molecule has 1 N–H and O–H groups in total. The summed E-state index contributed by atoms with van der Waals surface area (Å²) in [5.41, 5.74) is 3.98. The predicted molar refractivity (Wildman–Crippen MR) is 92.2 cm³/mol. The molecule has 0 bridgehead atoms. The minimum atomic E-state index is 0.0515. The first-order valence-corrected chi connectivity index (χ1v) is 8.12. The first-order chi connectivity index (χ1) is 12.2. The van der Waals surface area contributed by atoms with E-state index in [2.05, 4.69) is 15.5 Å². The quantitative estimate of drug-likeness (QED) is 0.789. The molecule has 2 heterocycles. The Morgan fingerprint density at radius 2 is 1.96 bits per heavy atom. The number of carbonyl (C=O) groups excluding carboxylic acids is 1. The lowest BCUT2D eigenvalue weighted by atomic mass is 10.0. The summed E-state index contributed by atoms with van der Waals surface area (Å²) in [5, 5.41) is 10.9. The lowest BCUT2D eigenvalue weighted by Gasteiger charge is -2.17. The van der Waals surface area contributed by atoms with Crippen LogP contribution in [0.1, 0.15) is 23.4 Å². The Morgan fingerprint density at radius 3 is 2.80 bits per heavy atom. The fraction of sp³-hybridized carbons (Fsp3) is 0.211. The van der Waals surface area contributed by atoms with Crippen LogP contribution in [0.4, 0.5) is 5.69 Å². The van der Waals surface area contributed by atoms with Gasteiger partial charge in [-0.05, 0) is 49.2 Å². The number of hydrogen-bond acceptors (Lipinski definition) is 5. The lowest BCUT2D eigenvalue weighted by molar-refractivity contribution is -0.116. The van der Waals surface area contributed by atoms with Crippen molar-refractivity contribution in [2.24, 2.45) is 0 Å². The molecule has 1 aliphatic heterocycles. The highest BCUT2D eigenvalue weighted by Crippen LogP contribution is 2.27. The van der Waals surface area contributed by atoms with Crippen molar-refractivity contribution in [3.8, 4) is 17.2 Å². The lowest BCUT2D eigenvalue weighted by Crippen LogP contribution is -2.18. The number of rotatable bonds is 4. The van der Waals surface area contributed by atoms with E-state index < -0.39 is 0 Å². The highest BCUT2D eigenvalue weighted by Gasteiger charge is 2.15. The second kappa shape index (κ2) is 6.39. The molecule has 0 spiro atoms. The van der Waals surface area contributed by atoms with Crippen molar-refractivity contribution in [2.75, 3.05) is 5.32 Å². The average molecular weight is 335 g/mol. The number of aromatic nitrogens is 2. The number of nitrogens with zero attached hydrogens (tertiary/aromatic N) is 2. The van der Waals surface area contributed by atoms with Gasteiger partial charge in [-0.3, -0.25) is 4.79 Å². The molecule has 6 heteroatoms. The van der Waals surface area contributed by atoms with Crippen LogP contribution in [-0.4, -0.2) is 16.1 Å². The molecule has 1 aliphatic rings. The van der Waals surface area contributed by atoms with Crippen molar-refractivity contribution >= 4 is 11.6 Å². The van der Waals surface area contributed by atoms with E-state index in [1.807, 2.05) is 49.4 Å².